The fourth-order valence-corrected chi connectivity index (χ4v) is 1.34. The first-order chi connectivity index (χ1) is 6.25. The highest BCUT2D eigenvalue weighted by Gasteiger charge is 2.19. The molecule has 2 heterocycles. The van der Waals surface area contributed by atoms with Crippen molar-refractivity contribution in [1.29, 1.82) is 0 Å². The fourth-order valence-electron chi connectivity index (χ4n) is 1.34. The lowest BCUT2D eigenvalue weighted by Gasteiger charge is -2.08. The van der Waals surface area contributed by atoms with Crippen molar-refractivity contribution >= 4 is 5.69 Å². The van der Waals surface area contributed by atoms with E-state index in [0.29, 0.717) is 18.2 Å². The van der Waals surface area contributed by atoms with E-state index < -0.39 is 0 Å². The first kappa shape index (κ1) is 8.37. The largest absolute Gasteiger partial charge is 0.469 e. The summed E-state index contributed by atoms with van der Waals surface area (Å²) in [6.07, 6.45) is 2.75. The third-order valence-electron chi connectivity index (χ3n) is 1.99. The quantitative estimate of drug-likeness (QED) is 0.710. The molecule has 0 aliphatic carbocycles. The number of nitrogens with two attached hydrogens (primary N) is 1. The SMILES string of the molecule is Cn1cc(N)c(OC2CCOC2)n1. The third-order valence-corrected chi connectivity index (χ3v) is 1.99. The van der Waals surface area contributed by atoms with Crippen LogP contribution in [0.25, 0.3) is 0 Å². The van der Waals surface area contributed by atoms with E-state index in [1.165, 1.54) is 0 Å². The Kier molecular flexibility index (Phi) is 2.10. The average molecular weight is 183 g/mol. The van der Waals surface area contributed by atoms with Crippen LogP contribution in [0, 0.1) is 0 Å². The molecule has 1 aromatic rings. The summed E-state index contributed by atoms with van der Waals surface area (Å²) in [5, 5.41) is 4.09. The molecule has 1 saturated heterocycles. The highest BCUT2D eigenvalue weighted by Crippen LogP contribution is 2.21. The zero-order chi connectivity index (χ0) is 9.26. The first-order valence-corrected chi connectivity index (χ1v) is 4.29. The van der Waals surface area contributed by atoms with Crippen LogP contribution in [0.3, 0.4) is 0 Å². The number of aryl methyl sites for hydroxylation is 1. The maximum Gasteiger partial charge on any atom is 0.256 e. The van der Waals surface area contributed by atoms with Gasteiger partial charge in [-0.15, -0.1) is 5.10 Å². The Balaban J connectivity index is 2.03. The zero-order valence-corrected chi connectivity index (χ0v) is 7.56. The van der Waals surface area contributed by atoms with Gasteiger partial charge in [-0.3, -0.25) is 4.68 Å². The molecule has 1 aliphatic heterocycles. The maximum atomic E-state index is 5.67. The van der Waals surface area contributed by atoms with Gasteiger partial charge < -0.3 is 15.2 Å². The Labute approximate surface area is 76.4 Å². The van der Waals surface area contributed by atoms with Crippen LogP contribution < -0.4 is 10.5 Å². The standard InChI is InChI=1S/C8H13N3O2/c1-11-4-7(9)8(10-11)13-6-2-3-12-5-6/h4,6H,2-3,5,9H2,1H3. The Bertz CT molecular complexity index is 292. The second kappa shape index (κ2) is 3.26. The Morgan fingerprint density at radius 3 is 3.15 bits per heavy atom. The van der Waals surface area contributed by atoms with Crippen molar-refractivity contribution in [2.24, 2.45) is 7.05 Å². The van der Waals surface area contributed by atoms with Gasteiger partial charge in [-0.2, -0.15) is 0 Å². The van der Waals surface area contributed by atoms with Crippen molar-refractivity contribution in [3.63, 3.8) is 0 Å². The minimum absolute atomic E-state index is 0.109. The predicted molar refractivity (Wildman–Crippen MR) is 47.5 cm³/mol. The molecular weight excluding hydrogens is 170 g/mol. The molecule has 13 heavy (non-hydrogen) atoms. The molecule has 5 heteroatoms. The van der Waals surface area contributed by atoms with Crippen molar-refractivity contribution in [2.75, 3.05) is 18.9 Å². The number of hydrogen-bond donors (Lipinski definition) is 1. The minimum Gasteiger partial charge on any atom is -0.469 e. The van der Waals surface area contributed by atoms with Crippen LogP contribution in [0.2, 0.25) is 0 Å². The van der Waals surface area contributed by atoms with Crippen molar-refractivity contribution in [2.45, 2.75) is 12.5 Å². The molecule has 5 nitrogen and oxygen atoms in total. The van der Waals surface area contributed by atoms with Crippen LogP contribution in [-0.2, 0) is 11.8 Å². The number of rotatable bonds is 2. The molecule has 0 saturated carbocycles. The van der Waals surface area contributed by atoms with E-state index in [-0.39, 0.29) is 6.10 Å². The average Bonchev–Trinajstić information content (AvgIpc) is 2.63. The molecule has 2 N–H and O–H groups in total. The van der Waals surface area contributed by atoms with E-state index in [1.54, 1.807) is 10.9 Å². The normalized spacial score (nSPS) is 22.1. The Morgan fingerprint density at radius 1 is 1.77 bits per heavy atom. The molecule has 0 amide bonds. The van der Waals surface area contributed by atoms with Gasteiger partial charge >= 0.3 is 0 Å². The van der Waals surface area contributed by atoms with Crippen LogP contribution >= 0.6 is 0 Å². The second-order valence-electron chi connectivity index (χ2n) is 3.17. The van der Waals surface area contributed by atoms with Crippen LogP contribution in [0.1, 0.15) is 6.42 Å². The molecule has 0 radical (unpaired) electrons. The summed E-state index contributed by atoms with van der Waals surface area (Å²) in [6.45, 7) is 1.40. The molecule has 1 aromatic heterocycles. The molecule has 1 atom stereocenters. The van der Waals surface area contributed by atoms with Crippen LogP contribution in [0.15, 0.2) is 6.20 Å². The summed E-state index contributed by atoms with van der Waals surface area (Å²) in [6, 6.07) is 0. The third kappa shape index (κ3) is 1.75. The summed E-state index contributed by atoms with van der Waals surface area (Å²) in [5.74, 6) is 0.512. The van der Waals surface area contributed by atoms with Gasteiger partial charge in [0.15, 0.2) is 0 Å². The van der Waals surface area contributed by atoms with Gasteiger partial charge in [0, 0.05) is 13.5 Å². The number of nitrogens with zero attached hydrogens (tertiary/aromatic N) is 2. The number of nitrogen functional groups attached to an aromatic ring is 1. The lowest BCUT2D eigenvalue weighted by Crippen LogP contribution is -2.16. The number of ether oxygens (including phenoxy) is 2. The van der Waals surface area contributed by atoms with Gasteiger partial charge in [0.25, 0.3) is 5.88 Å². The van der Waals surface area contributed by atoms with Gasteiger partial charge in [-0.25, -0.2) is 0 Å². The van der Waals surface area contributed by atoms with Crippen molar-refractivity contribution in [3.8, 4) is 5.88 Å². The van der Waals surface area contributed by atoms with Crippen molar-refractivity contribution < 1.29 is 9.47 Å². The Hall–Kier alpha value is -1.23. The lowest BCUT2D eigenvalue weighted by atomic mass is 10.3. The van der Waals surface area contributed by atoms with Gasteiger partial charge in [0.1, 0.15) is 11.8 Å². The summed E-state index contributed by atoms with van der Waals surface area (Å²) in [4.78, 5) is 0. The van der Waals surface area contributed by atoms with E-state index >= 15 is 0 Å². The minimum atomic E-state index is 0.109. The van der Waals surface area contributed by atoms with Crippen LogP contribution in [0.4, 0.5) is 5.69 Å². The first-order valence-electron chi connectivity index (χ1n) is 4.29. The van der Waals surface area contributed by atoms with E-state index in [2.05, 4.69) is 5.10 Å². The summed E-state index contributed by atoms with van der Waals surface area (Å²) >= 11 is 0. The molecular formula is C8H13N3O2. The van der Waals surface area contributed by atoms with Gasteiger partial charge in [0.2, 0.25) is 0 Å². The fraction of sp³-hybridized carbons (Fsp3) is 0.625. The summed E-state index contributed by atoms with van der Waals surface area (Å²) < 4.78 is 12.4. The van der Waals surface area contributed by atoms with E-state index in [1.807, 2.05) is 7.05 Å². The maximum absolute atomic E-state index is 5.67. The molecule has 0 bridgehead atoms. The van der Waals surface area contributed by atoms with E-state index in [0.717, 1.165) is 13.0 Å². The predicted octanol–water partition coefficient (Wildman–Crippen LogP) is 0.170. The number of aromatic nitrogens is 2. The van der Waals surface area contributed by atoms with Gasteiger partial charge in [-0.1, -0.05) is 0 Å². The zero-order valence-electron chi connectivity index (χ0n) is 7.56. The molecule has 1 aliphatic rings. The molecule has 1 fully saturated rings. The number of hydrogen-bond acceptors (Lipinski definition) is 4. The van der Waals surface area contributed by atoms with Crippen molar-refractivity contribution in [3.05, 3.63) is 6.20 Å². The summed E-state index contributed by atoms with van der Waals surface area (Å²) in [5.41, 5.74) is 6.25. The monoisotopic (exact) mass is 183 g/mol. The molecule has 2 rings (SSSR count). The smallest absolute Gasteiger partial charge is 0.256 e. The molecule has 0 aromatic carbocycles. The van der Waals surface area contributed by atoms with E-state index in [9.17, 15) is 0 Å². The summed E-state index contributed by atoms with van der Waals surface area (Å²) in [7, 11) is 1.81. The number of anilines is 1. The van der Waals surface area contributed by atoms with Crippen molar-refractivity contribution in [1.82, 2.24) is 9.78 Å². The Morgan fingerprint density at radius 2 is 2.62 bits per heavy atom. The van der Waals surface area contributed by atoms with E-state index in [4.69, 9.17) is 15.2 Å². The topological polar surface area (TPSA) is 62.3 Å². The second-order valence-corrected chi connectivity index (χ2v) is 3.17. The van der Waals surface area contributed by atoms with Crippen LogP contribution in [-0.4, -0.2) is 29.1 Å². The van der Waals surface area contributed by atoms with Gasteiger partial charge in [0.05, 0.1) is 19.4 Å². The molecule has 0 spiro atoms. The highest BCUT2D eigenvalue weighted by atomic mass is 16.5. The lowest BCUT2D eigenvalue weighted by molar-refractivity contribution is 0.138. The van der Waals surface area contributed by atoms with Crippen LogP contribution in [0.5, 0.6) is 5.88 Å². The molecule has 1 unspecified atom stereocenters. The van der Waals surface area contributed by atoms with Gasteiger partial charge in [-0.05, 0) is 0 Å². The highest BCUT2D eigenvalue weighted by molar-refractivity contribution is 5.45. The molecule has 72 valence electrons.